The van der Waals surface area contributed by atoms with Crippen molar-refractivity contribution in [3.05, 3.63) is 21.3 Å². The molecule has 2 N–H and O–H groups in total. The molecule has 0 saturated carbocycles. The van der Waals surface area contributed by atoms with Crippen LogP contribution in [0.5, 0.6) is 0 Å². The fraction of sp³-hybridized carbons (Fsp3) is 0.615. The van der Waals surface area contributed by atoms with E-state index in [1.807, 2.05) is 13.0 Å². The molecule has 0 bridgehead atoms. The molecule has 0 spiro atoms. The lowest BCUT2D eigenvalue weighted by molar-refractivity contribution is -0.128. The highest BCUT2D eigenvalue weighted by atomic mass is 35.5. The summed E-state index contributed by atoms with van der Waals surface area (Å²) >= 11 is 7.54. The minimum atomic E-state index is -0.109. The molecule has 0 aliphatic carbocycles. The number of amides is 1. The summed E-state index contributed by atoms with van der Waals surface area (Å²) in [6.45, 7) is 7.24. The lowest BCUT2D eigenvalue weighted by Crippen LogP contribution is -2.58. The van der Waals surface area contributed by atoms with Crippen LogP contribution in [-0.2, 0) is 4.79 Å². The Labute approximate surface area is 123 Å². The van der Waals surface area contributed by atoms with Crippen LogP contribution in [0.15, 0.2) is 11.4 Å². The maximum atomic E-state index is 12.1. The molecule has 2 rings (SSSR count). The molecule has 1 aromatic heterocycles. The second-order valence-electron chi connectivity index (χ2n) is 4.71. The Balaban J connectivity index is 2.12. The van der Waals surface area contributed by atoms with Crippen molar-refractivity contribution in [3.63, 3.8) is 0 Å². The number of hydrogen-bond donors (Lipinski definition) is 2. The zero-order chi connectivity index (χ0) is 13.8. The molecule has 1 saturated heterocycles. The maximum absolute atomic E-state index is 12.1. The second-order valence-corrected chi connectivity index (χ2v) is 6.25. The zero-order valence-electron chi connectivity index (χ0n) is 11.3. The van der Waals surface area contributed by atoms with Crippen molar-refractivity contribution in [3.8, 4) is 0 Å². The van der Waals surface area contributed by atoms with Crippen molar-refractivity contribution >= 4 is 28.8 Å². The highest BCUT2D eigenvalue weighted by Gasteiger charge is 2.32. The van der Waals surface area contributed by atoms with Gasteiger partial charge in [-0.2, -0.15) is 0 Å². The van der Waals surface area contributed by atoms with Gasteiger partial charge in [0.05, 0.1) is 4.34 Å². The van der Waals surface area contributed by atoms with Gasteiger partial charge in [-0.3, -0.25) is 9.69 Å². The van der Waals surface area contributed by atoms with Crippen LogP contribution in [0.2, 0.25) is 4.34 Å². The molecule has 1 amide bonds. The predicted octanol–water partition coefficient (Wildman–Crippen LogP) is 1.87. The van der Waals surface area contributed by atoms with Gasteiger partial charge in [-0.05, 0) is 30.9 Å². The number of nitrogens with zero attached hydrogens (tertiary/aromatic N) is 1. The number of carbonyl (C=O) groups excluding carboxylic acids is 1. The maximum Gasteiger partial charge on any atom is 0.238 e. The zero-order valence-corrected chi connectivity index (χ0v) is 12.9. The van der Waals surface area contributed by atoms with E-state index in [-0.39, 0.29) is 18.0 Å². The molecule has 0 radical (unpaired) electrons. The third kappa shape index (κ3) is 3.48. The van der Waals surface area contributed by atoms with Gasteiger partial charge in [-0.1, -0.05) is 11.6 Å². The number of likely N-dealkylation sites (N-methyl/N-ethyl adjacent to an activating group) is 1. The number of halogens is 1. The lowest BCUT2D eigenvalue weighted by Gasteiger charge is -2.39. The van der Waals surface area contributed by atoms with Crippen LogP contribution in [0.3, 0.4) is 0 Å². The number of hydrogen-bond acceptors (Lipinski definition) is 4. The molecule has 2 heterocycles. The van der Waals surface area contributed by atoms with Gasteiger partial charge in [-0.25, -0.2) is 0 Å². The second kappa shape index (κ2) is 6.70. The smallest absolute Gasteiger partial charge is 0.238 e. The van der Waals surface area contributed by atoms with Crippen molar-refractivity contribution in [1.29, 1.82) is 0 Å². The molecule has 1 fully saturated rings. The lowest BCUT2D eigenvalue weighted by atomic mass is 10.1. The largest absolute Gasteiger partial charge is 0.355 e. The third-order valence-electron chi connectivity index (χ3n) is 3.51. The Morgan fingerprint density at radius 3 is 3.16 bits per heavy atom. The van der Waals surface area contributed by atoms with E-state index in [9.17, 15) is 4.79 Å². The van der Waals surface area contributed by atoms with E-state index < -0.39 is 0 Å². The summed E-state index contributed by atoms with van der Waals surface area (Å²) in [4.78, 5) is 14.4. The number of rotatable bonds is 4. The Bertz CT molecular complexity index is 437. The van der Waals surface area contributed by atoms with Crippen molar-refractivity contribution in [2.45, 2.75) is 25.9 Å². The summed E-state index contributed by atoms with van der Waals surface area (Å²) in [6, 6.07) is 2.09. The van der Waals surface area contributed by atoms with Gasteiger partial charge in [0.1, 0.15) is 6.04 Å². The molecule has 106 valence electrons. The van der Waals surface area contributed by atoms with E-state index in [2.05, 4.69) is 27.8 Å². The molecule has 2 unspecified atom stereocenters. The van der Waals surface area contributed by atoms with Crippen LogP contribution in [0.1, 0.15) is 25.5 Å². The first-order valence-corrected chi connectivity index (χ1v) is 7.87. The molecular weight excluding hydrogens is 282 g/mol. The summed E-state index contributed by atoms with van der Waals surface area (Å²) in [5, 5.41) is 8.28. The third-order valence-corrected chi connectivity index (χ3v) is 4.62. The van der Waals surface area contributed by atoms with Crippen LogP contribution in [0, 0.1) is 0 Å². The van der Waals surface area contributed by atoms with Crippen molar-refractivity contribution in [1.82, 2.24) is 15.5 Å². The minimum Gasteiger partial charge on any atom is -0.355 e. The first-order valence-electron chi connectivity index (χ1n) is 6.61. The monoisotopic (exact) mass is 301 g/mol. The highest BCUT2D eigenvalue weighted by Crippen LogP contribution is 2.29. The molecule has 2 atom stereocenters. The average Bonchev–Trinajstić information content (AvgIpc) is 2.85. The standard InChI is InChI=1S/C13H20ClN3OS/c1-3-16-13(18)11-7-15-4-5-17(11)9(2)10-6-12(14)19-8-10/h6,8-9,11,15H,3-5,7H2,1-2H3,(H,16,18). The average molecular weight is 302 g/mol. The van der Waals surface area contributed by atoms with Crippen molar-refractivity contribution in [2.75, 3.05) is 26.2 Å². The van der Waals surface area contributed by atoms with Gasteiger partial charge >= 0.3 is 0 Å². The van der Waals surface area contributed by atoms with E-state index in [1.165, 1.54) is 16.9 Å². The highest BCUT2D eigenvalue weighted by molar-refractivity contribution is 7.14. The fourth-order valence-electron chi connectivity index (χ4n) is 2.45. The van der Waals surface area contributed by atoms with Crippen LogP contribution in [0.4, 0.5) is 0 Å². The van der Waals surface area contributed by atoms with E-state index in [1.54, 1.807) is 0 Å². The van der Waals surface area contributed by atoms with E-state index in [0.29, 0.717) is 13.1 Å². The van der Waals surface area contributed by atoms with Crippen LogP contribution in [-0.4, -0.2) is 43.0 Å². The Kier molecular flexibility index (Phi) is 5.21. The Hall–Kier alpha value is -0.620. The molecule has 4 nitrogen and oxygen atoms in total. The first kappa shape index (κ1) is 14.8. The van der Waals surface area contributed by atoms with Gasteiger partial charge in [0, 0.05) is 32.2 Å². The first-order chi connectivity index (χ1) is 9.13. The van der Waals surface area contributed by atoms with Crippen LogP contribution in [0.25, 0.3) is 0 Å². The SMILES string of the molecule is CCNC(=O)C1CNCCN1C(C)c1csc(Cl)c1. The Morgan fingerprint density at radius 1 is 1.74 bits per heavy atom. The minimum absolute atomic E-state index is 0.0999. The van der Waals surface area contributed by atoms with Crippen molar-refractivity contribution in [2.24, 2.45) is 0 Å². The number of thiophene rings is 1. The molecule has 0 aromatic carbocycles. The molecule has 19 heavy (non-hydrogen) atoms. The summed E-state index contributed by atoms with van der Waals surface area (Å²) in [5.74, 6) is 0.0999. The van der Waals surface area contributed by atoms with Crippen LogP contribution < -0.4 is 10.6 Å². The summed E-state index contributed by atoms with van der Waals surface area (Å²) in [7, 11) is 0. The van der Waals surface area contributed by atoms with E-state index in [0.717, 1.165) is 17.4 Å². The number of nitrogens with one attached hydrogen (secondary N) is 2. The fourth-order valence-corrected chi connectivity index (χ4v) is 3.43. The topological polar surface area (TPSA) is 44.4 Å². The van der Waals surface area contributed by atoms with Gasteiger partial charge < -0.3 is 10.6 Å². The van der Waals surface area contributed by atoms with Gasteiger partial charge in [0.15, 0.2) is 0 Å². The normalized spacial score (nSPS) is 22.2. The summed E-state index contributed by atoms with van der Waals surface area (Å²) in [5.41, 5.74) is 1.19. The molecular formula is C13H20ClN3OS. The van der Waals surface area contributed by atoms with Gasteiger partial charge in [0.2, 0.25) is 5.91 Å². The molecule has 1 aromatic rings. The Morgan fingerprint density at radius 2 is 2.53 bits per heavy atom. The molecule has 6 heteroatoms. The van der Waals surface area contributed by atoms with Crippen molar-refractivity contribution < 1.29 is 4.79 Å². The summed E-state index contributed by atoms with van der Waals surface area (Å²) in [6.07, 6.45) is 0. The van der Waals surface area contributed by atoms with Gasteiger partial charge in [-0.15, -0.1) is 11.3 Å². The molecule has 1 aliphatic heterocycles. The quantitative estimate of drug-likeness (QED) is 0.892. The number of piperazine rings is 1. The van der Waals surface area contributed by atoms with E-state index in [4.69, 9.17) is 11.6 Å². The van der Waals surface area contributed by atoms with Gasteiger partial charge in [0.25, 0.3) is 0 Å². The summed E-state index contributed by atoms with van der Waals surface area (Å²) < 4.78 is 0.798. The van der Waals surface area contributed by atoms with Crippen LogP contribution >= 0.6 is 22.9 Å². The molecule has 1 aliphatic rings. The van der Waals surface area contributed by atoms with E-state index >= 15 is 0 Å². The number of carbonyl (C=O) groups is 1. The predicted molar refractivity (Wildman–Crippen MR) is 79.8 cm³/mol.